The summed E-state index contributed by atoms with van der Waals surface area (Å²) in [6.45, 7) is 20.0. The van der Waals surface area contributed by atoms with Gasteiger partial charge in [0.05, 0.1) is 75.1 Å². The number of Topliss-reactive ketones (excluding diaryl/α,β-unsaturated/α-hetero) is 2. The van der Waals surface area contributed by atoms with Gasteiger partial charge in [0.25, 0.3) is 5.91 Å². The Hall–Kier alpha value is -8.36. The highest BCUT2D eigenvalue weighted by molar-refractivity contribution is 7.21. The van der Waals surface area contributed by atoms with Gasteiger partial charge in [-0.1, -0.05) is 43.0 Å². The van der Waals surface area contributed by atoms with E-state index < -0.39 is 35.1 Å². The molecule has 1 amide bonds. The van der Waals surface area contributed by atoms with E-state index in [2.05, 4.69) is 5.32 Å². The van der Waals surface area contributed by atoms with Crippen LogP contribution in [0.15, 0.2) is 114 Å². The molecule has 0 radical (unpaired) electrons. The molecule has 2 aliphatic heterocycles. The van der Waals surface area contributed by atoms with Crippen molar-refractivity contribution < 1.29 is 51.2 Å². The summed E-state index contributed by atoms with van der Waals surface area (Å²) in [6, 6.07) is 28.0. The summed E-state index contributed by atoms with van der Waals surface area (Å²) in [4.78, 5) is 67.6. The predicted octanol–water partition coefficient (Wildman–Crippen LogP) is 15.8. The highest BCUT2D eigenvalue weighted by Gasteiger charge is 2.35. The van der Waals surface area contributed by atoms with Crippen molar-refractivity contribution in [2.45, 2.75) is 132 Å². The van der Waals surface area contributed by atoms with E-state index in [9.17, 15) is 32.3 Å². The van der Waals surface area contributed by atoms with Crippen molar-refractivity contribution >= 4 is 82.4 Å². The van der Waals surface area contributed by atoms with Crippen LogP contribution >= 0.6 is 22.7 Å². The first-order chi connectivity index (χ1) is 41.8. The Labute approximate surface area is 522 Å². The number of thiazole rings is 2. The molecule has 0 fully saturated rings. The van der Waals surface area contributed by atoms with E-state index >= 15 is 0 Å². The molecular weight excluding hydrogens is 1180 g/mol. The fourth-order valence-corrected chi connectivity index (χ4v) is 13.7. The summed E-state index contributed by atoms with van der Waals surface area (Å²) >= 11 is 2.34. The highest BCUT2D eigenvalue weighted by Crippen LogP contribution is 2.49. The molecule has 89 heavy (non-hydrogen) atoms. The number of amides is 1. The Morgan fingerprint density at radius 3 is 1.67 bits per heavy atom. The van der Waals surface area contributed by atoms with E-state index in [0.717, 1.165) is 119 Å². The third-order valence-electron chi connectivity index (χ3n) is 15.4. The molecule has 0 bridgehead atoms. The van der Waals surface area contributed by atoms with Gasteiger partial charge in [-0.05, 0) is 175 Å². The maximum absolute atomic E-state index is 13.6. The van der Waals surface area contributed by atoms with Crippen molar-refractivity contribution in [2.24, 2.45) is 0 Å². The largest absolute Gasteiger partial charge is 0.497 e. The molecule has 0 saturated heterocycles. The van der Waals surface area contributed by atoms with Gasteiger partial charge in [-0.2, -0.15) is 13.2 Å². The first kappa shape index (κ1) is 63.7. The number of ketones is 2. The van der Waals surface area contributed by atoms with Crippen LogP contribution < -0.4 is 24.4 Å². The van der Waals surface area contributed by atoms with Crippen molar-refractivity contribution in [2.75, 3.05) is 20.3 Å². The van der Waals surface area contributed by atoms with Crippen LogP contribution in [-0.4, -0.2) is 68.5 Å². The average Bonchev–Trinajstić information content (AvgIpc) is 1.75. The first-order valence-electron chi connectivity index (χ1n) is 28.9. The SMILES string of the molecule is C.CC(=O)[C@@H](OC(C)(C)C)c1c(C)cc2c(sc(=O)n2Cc2ccc(C(F)(F)F)cc2)c1-c1ccc2c3c(ccnc13)CCO2.COc1ccc(CNC(=O)c2nc3cc(C)c([C@H](OC(C)(C)C)C(C)=O)c(-c4ccc5c6c(ccnc46)CCO5)c3s2)cc1. The molecule has 462 valence electrons. The van der Waals surface area contributed by atoms with E-state index in [-0.39, 0.29) is 36.3 Å². The summed E-state index contributed by atoms with van der Waals surface area (Å²) in [5.41, 5.74) is 10.6. The number of hydrogen-bond acceptors (Lipinski definition) is 14. The number of hydrogen-bond donors (Lipinski definition) is 1. The molecule has 12 rings (SSSR count). The van der Waals surface area contributed by atoms with Gasteiger partial charge in [0.1, 0.15) is 29.5 Å². The molecule has 0 aliphatic carbocycles. The number of methoxy groups -OCH3 is 1. The van der Waals surface area contributed by atoms with Gasteiger partial charge in [-0.15, -0.1) is 11.3 Å². The smallest absolute Gasteiger partial charge is 0.416 e. The summed E-state index contributed by atoms with van der Waals surface area (Å²) < 4.78 is 72.5. The van der Waals surface area contributed by atoms with Gasteiger partial charge in [-0.3, -0.25) is 33.7 Å². The zero-order valence-electron chi connectivity index (χ0n) is 50.7. The molecule has 10 aromatic rings. The minimum Gasteiger partial charge on any atom is -0.497 e. The predicted molar refractivity (Wildman–Crippen MR) is 345 cm³/mol. The number of carbonyl (C=O) groups is 3. The quantitative estimate of drug-likeness (QED) is 0.109. The second-order valence-electron chi connectivity index (χ2n) is 24.1. The Kier molecular flexibility index (Phi) is 17.8. The molecular formula is C70H70F3N5O9S2. The number of carbonyl (C=O) groups excluding carboxylic acids is 3. The molecule has 1 N–H and O–H groups in total. The van der Waals surface area contributed by atoms with Gasteiger partial charge in [-0.25, -0.2) is 4.98 Å². The molecule has 14 nitrogen and oxygen atoms in total. The van der Waals surface area contributed by atoms with Crippen molar-refractivity contribution in [3.8, 4) is 39.5 Å². The zero-order valence-corrected chi connectivity index (χ0v) is 52.3. The number of pyridine rings is 2. The molecule has 2 aliphatic rings. The maximum atomic E-state index is 13.6. The standard InChI is InChI=1S/C35H35N3O5S.C34H31F3N2O4S.CH4/c1-19-17-25-32(44-34(38-25)33(40)37-18-21-7-9-23(41-6)10-8-21)29(27(19)31(20(2)39)43-35(3,4)5)24-11-12-26-28-22(14-16-42-26)13-15-36-30(24)28;1-18-16-24-31(44-32(41)39(24)17-20-6-8-22(9-7-20)34(35,36)37)28(26(18)30(19(2)40)43-33(3,4)5)23-10-11-25-27-21(13-15-42-25)12-14-38-29(23)27;/h7-13,15,17,31H,14,16,18H2,1-6H3,(H,37,40);6-12,14,16,30H,13,15,17H2,1-5H3;1H4/t31-;30-;/m11./s1. The number of nitrogens with one attached hydrogen (secondary N) is 1. The van der Waals surface area contributed by atoms with E-state index in [1.807, 2.05) is 134 Å². The number of aromatic nitrogens is 4. The fraction of sp³-hybridized carbons (Fsp3) is 0.329. The van der Waals surface area contributed by atoms with Crippen LogP contribution in [0.5, 0.6) is 17.2 Å². The molecule has 0 unspecified atom stereocenters. The summed E-state index contributed by atoms with van der Waals surface area (Å²) in [5.74, 6) is 1.71. The number of halogens is 3. The lowest BCUT2D eigenvalue weighted by molar-refractivity contribution is -0.139. The van der Waals surface area contributed by atoms with Crippen molar-refractivity contribution in [3.63, 3.8) is 0 Å². The maximum Gasteiger partial charge on any atom is 0.416 e. The minimum absolute atomic E-state index is 0. The number of alkyl halides is 3. The first-order valence-corrected chi connectivity index (χ1v) is 30.5. The van der Waals surface area contributed by atoms with Crippen LogP contribution in [0.3, 0.4) is 0 Å². The molecule has 6 heterocycles. The van der Waals surface area contributed by atoms with E-state index in [0.29, 0.717) is 62.7 Å². The van der Waals surface area contributed by atoms with E-state index in [1.165, 1.54) is 36.0 Å². The highest BCUT2D eigenvalue weighted by atomic mass is 32.1. The van der Waals surface area contributed by atoms with E-state index in [4.69, 9.17) is 38.6 Å². The lowest BCUT2D eigenvalue weighted by Gasteiger charge is -2.29. The summed E-state index contributed by atoms with van der Waals surface area (Å²) in [6.07, 6.45) is -1.10. The summed E-state index contributed by atoms with van der Waals surface area (Å²) in [7, 11) is 1.62. The number of fused-ring (bicyclic) bond motifs is 2. The lowest BCUT2D eigenvalue weighted by Crippen LogP contribution is -2.27. The van der Waals surface area contributed by atoms with Crippen LogP contribution in [-0.2, 0) is 51.2 Å². The fourth-order valence-electron chi connectivity index (χ4n) is 11.6. The van der Waals surface area contributed by atoms with Crippen LogP contribution in [0.2, 0.25) is 0 Å². The molecule has 19 heteroatoms. The lowest BCUT2D eigenvalue weighted by atomic mass is 9.88. The summed E-state index contributed by atoms with van der Waals surface area (Å²) in [5, 5.41) is 5.19. The molecule has 0 spiro atoms. The van der Waals surface area contributed by atoms with Crippen molar-refractivity contribution in [1.29, 1.82) is 0 Å². The van der Waals surface area contributed by atoms with Gasteiger partial charge < -0.3 is 29.0 Å². The van der Waals surface area contributed by atoms with Crippen LogP contribution in [0.1, 0.15) is 135 Å². The second kappa shape index (κ2) is 24.9. The van der Waals surface area contributed by atoms with Gasteiger partial charge in [0.15, 0.2) is 16.6 Å². The third-order valence-corrected chi connectivity index (χ3v) is 17.5. The van der Waals surface area contributed by atoms with Crippen LogP contribution in [0.4, 0.5) is 13.2 Å². The van der Waals surface area contributed by atoms with Crippen molar-refractivity contribution in [3.05, 3.63) is 174 Å². The van der Waals surface area contributed by atoms with Crippen LogP contribution in [0, 0.1) is 13.8 Å². The minimum atomic E-state index is -4.45. The second-order valence-corrected chi connectivity index (χ2v) is 26.1. The van der Waals surface area contributed by atoms with Crippen LogP contribution in [0.25, 0.3) is 64.5 Å². The van der Waals surface area contributed by atoms with Crippen molar-refractivity contribution in [1.82, 2.24) is 24.8 Å². The number of benzene rings is 6. The van der Waals surface area contributed by atoms with Gasteiger partial charge in [0, 0.05) is 75.9 Å². The van der Waals surface area contributed by atoms with E-state index in [1.54, 1.807) is 24.8 Å². The molecule has 6 aromatic carbocycles. The normalized spacial score (nSPS) is 13.7. The monoisotopic (exact) mass is 1250 g/mol. The Morgan fingerprint density at radius 2 is 1.18 bits per heavy atom. The molecule has 4 aromatic heterocycles. The van der Waals surface area contributed by atoms with Gasteiger partial charge in [0.2, 0.25) is 0 Å². The Bertz CT molecular complexity index is 4440. The third kappa shape index (κ3) is 12.9. The average molecular weight is 1250 g/mol. The topological polar surface area (TPSA) is 170 Å². The Balaban J connectivity index is 0.000000194. The van der Waals surface area contributed by atoms with Gasteiger partial charge >= 0.3 is 11.0 Å². The molecule has 0 saturated carbocycles. The zero-order chi connectivity index (χ0) is 62.7. The number of rotatable bonds is 14. The number of aryl methyl sites for hydroxylation is 2. The number of ether oxygens (including phenoxy) is 5. The molecule has 2 atom stereocenters. The Morgan fingerprint density at radius 1 is 0.674 bits per heavy atom. The number of nitrogens with zero attached hydrogens (tertiary/aromatic N) is 4.